The van der Waals surface area contributed by atoms with Gasteiger partial charge in [0.1, 0.15) is 0 Å². The number of carboxylic acids is 1. The van der Waals surface area contributed by atoms with Crippen molar-refractivity contribution in [2.75, 3.05) is 0 Å². The van der Waals surface area contributed by atoms with Crippen molar-refractivity contribution in [1.29, 1.82) is 0 Å². The summed E-state index contributed by atoms with van der Waals surface area (Å²) in [7, 11) is 0. The van der Waals surface area contributed by atoms with Gasteiger partial charge in [-0.15, -0.1) is 6.42 Å². The number of hydrogen-bond acceptors (Lipinski definition) is 2. The van der Waals surface area contributed by atoms with Gasteiger partial charge >= 0.3 is 5.97 Å². The summed E-state index contributed by atoms with van der Waals surface area (Å²) in [6.45, 7) is 1.60. The molecule has 0 heterocycles. The summed E-state index contributed by atoms with van der Waals surface area (Å²) in [5.74, 6) is 0.830. The third-order valence-corrected chi connectivity index (χ3v) is 3.58. The molecular formula is C18H16O3. The summed E-state index contributed by atoms with van der Waals surface area (Å²) in [6.07, 6.45) is 5.54. The fourth-order valence-electron chi connectivity index (χ4n) is 2.19. The lowest BCUT2D eigenvalue weighted by Crippen LogP contribution is -2.25. The third kappa shape index (κ3) is 2.81. The van der Waals surface area contributed by atoms with Crippen LogP contribution in [0.5, 0.6) is 0 Å². The molecule has 3 nitrogen and oxygen atoms in total. The normalized spacial score (nSPS) is 14.7. The minimum Gasteiger partial charge on any atom is -0.481 e. The highest BCUT2D eigenvalue weighted by atomic mass is 16.4. The molecule has 0 saturated heterocycles. The van der Waals surface area contributed by atoms with Crippen LogP contribution in [-0.4, -0.2) is 16.2 Å². The van der Waals surface area contributed by atoms with Gasteiger partial charge in [0.05, 0.1) is 5.92 Å². The monoisotopic (exact) mass is 280 g/mol. The number of aliphatic hydroxyl groups is 1. The zero-order chi connectivity index (χ0) is 15.5. The Morgan fingerprint density at radius 2 is 1.76 bits per heavy atom. The van der Waals surface area contributed by atoms with Crippen molar-refractivity contribution in [1.82, 2.24) is 0 Å². The number of hydrogen-bond donors (Lipinski definition) is 2. The van der Waals surface area contributed by atoms with E-state index in [2.05, 4.69) is 5.92 Å². The number of benzene rings is 2. The standard InChI is InChI=1S/C18H16O3/c1-3-18(21,15-9-5-4-6-10-15)16-11-7-8-14(12-16)13(2)17(19)20/h1,4-13,21H,2H3,(H,19,20). The van der Waals surface area contributed by atoms with Crippen LogP contribution in [0.4, 0.5) is 0 Å². The Balaban J connectivity index is 2.52. The lowest BCUT2D eigenvalue weighted by atomic mass is 9.85. The van der Waals surface area contributed by atoms with Crippen molar-refractivity contribution >= 4 is 5.97 Å². The molecule has 2 rings (SSSR count). The van der Waals surface area contributed by atoms with Crippen LogP contribution in [0, 0.1) is 12.3 Å². The van der Waals surface area contributed by atoms with Crippen LogP contribution in [0.3, 0.4) is 0 Å². The van der Waals surface area contributed by atoms with E-state index >= 15 is 0 Å². The van der Waals surface area contributed by atoms with Gasteiger partial charge in [0.2, 0.25) is 0 Å². The van der Waals surface area contributed by atoms with E-state index in [9.17, 15) is 9.90 Å². The largest absolute Gasteiger partial charge is 0.481 e. The van der Waals surface area contributed by atoms with E-state index < -0.39 is 17.5 Å². The molecule has 0 fully saturated rings. The smallest absolute Gasteiger partial charge is 0.310 e. The van der Waals surface area contributed by atoms with E-state index in [0.29, 0.717) is 16.7 Å². The summed E-state index contributed by atoms with van der Waals surface area (Å²) < 4.78 is 0. The van der Waals surface area contributed by atoms with E-state index in [1.165, 1.54) is 0 Å². The number of aliphatic carboxylic acids is 1. The molecule has 2 aromatic carbocycles. The summed E-state index contributed by atoms with van der Waals surface area (Å²) >= 11 is 0. The number of carboxylic acid groups (broad SMARTS) is 1. The summed E-state index contributed by atoms with van der Waals surface area (Å²) in [5, 5.41) is 19.9. The van der Waals surface area contributed by atoms with Crippen LogP contribution in [0.1, 0.15) is 29.5 Å². The quantitative estimate of drug-likeness (QED) is 0.847. The second-order valence-corrected chi connectivity index (χ2v) is 4.91. The maximum atomic E-state index is 11.1. The molecular weight excluding hydrogens is 264 g/mol. The molecule has 0 spiro atoms. The Morgan fingerprint density at radius 3 is 2.33 bits per heavy atom. The Bertz CT molecular complexity index is 685. The number of terminal acetylenes is 1. The first-order valence-corrected chi connectivity index (χ1v) is 6.58. The SMILES string of the molecule is C#CC(O)(c1ccccc1)c1cccc(C(C)C(=O)O)c1. The summed E-state index contributed by atoms with van der Waals surface area (Å²) in [5.41, 5.74) is 0.0919. The van der Waals surface area contributed by atoms with Crippen LogP contribution in [0.15, 0.2) is 54.6 Å². The van der Waals surface area contributed by atoms with Gasteiger partial charge in [-0.25, -0.2) is 0 Å². The van der Waals surface area contributed by atoms with Gasteiger partial charge in [-0.2, -0.15) is 0 Å². The molecule has 2 unspecified atom stereocenters. The van der Waals surface area contributed by atoms with E-state index in [-0.39, 0.29) is 0 Å². The first kappa shape index (κ1) is 14.8. The van der Waals surface area contributed by atoms with Crippen LogP contribution in [-0.2, 0) is 10.4 Å². The van der Waals surface area contributed by atoms with Crippen LogP contribution in [0.2, 0.25) is 0 Å². The molecule has 2 N–H and O–H groups in total. The maximum Gasteiger partial charge on any atom is 0.310 e. The van der Waals surface area contributed by atoms with Gasteiger partial charge in [-0.05, 0) is 12.5 Å². The minimum absolute atomic E-state index is 0.488. The molecule has 0 aromatic heterocycles. The van der Waals surface area contributed by atoms with Gasteiger partial charge in [0.25, 0.3) is 0 Å². The lowest BCUT2D eigenvalue weighted by Gasteiger charge is -2.24. The average Bonchev–Trinajstić information content (AvgIpc) is 2.54. The Kier molecular flexibility index (Phi) is 4.11. The lowest BCUT2D eigenvalue weighted by molar-refractivity contribution is -0.138. The second-order valence-electron chi connectivity index (χ2n) is 4.91. The predicted molar refractivity (Wildman–Crippen MR) is 80.8 cm³/mol. The average molecular weight is 280 g/mol. The van der Waals surface area contributed by atoms with Crippen molar-refractivity contribution < 1.29 is 15.0 Å². The zero-order valence-electron chi connectivity index (χ0n) is 11.7. The molecule has 2 aromatic rings. The fourth-order valence-corrected chi connectivity index (χ4v) is 2.19. The predicted octanol–water partition coefficient (Wildman–Crippen LogP) is 2.74. The maximum absolute atomic E-state index is 11.1. The molecule has 0 aliphatic heterocycles. The highest BCUT2D eigenvalue weighted by molar-refractivity contribution is 5.75. The molecule has 21 heavy (non-hydrogen) atoms. The fraction of sp³-hybridized carbons (Fsp3) is 0.167. The second kappa shape index (κ2) is 5.82. The van der Waals surface area contributed by atoms with E-state index in [1.54, 1.807) is 55.5 Å². The van der Waals surface area contributed by atoms with Gasteiger partial charge in [0, 0.05) is 11.1 Å². The van der Waals surface area contributed by atoms with Gasteiger partial charge in [-0.1, -0.05) is 60.5 Å². The molecule has 0 aliphatic carbocycles. The Morgan fingerprint density at radius 1 is 1.14 bits per heavy atom. The van der Waals surface area contributed by atoms with Gasteiger partial charge in [0.15, 0.2) is 5.60 Å². The molecule has 106 valence electrons. The zero-order valence-corrected chi connectivity index (χ0v) is 11.7. The van der Waals surface area contributed by atoms with Crippen LogP contribution < -0.4 is 0 Å². The topological polar surface area (TPSA) is 57.5 Å². The van der Waals surface area contributed by atoms with Gasteiger partial charge < -0.3 is 10.2 Å². The highest BCUT2D eigenvalue weighted by Crippen LogP contribution is 2.30. The van der Waals surface area contributed by atoms with E-state index in [0.717, 1.165) is 0 Å². The van der Waals surface area contributed by atoms with Crippen molar-refractivity contribution in [2.45, 2.75) is 18.4 Å². The number of carbonyl (C=O) groups is 1. The van der Waals surface area contributed by atoms with Crippen LogP contribution in [0.25, 0.3) is 0 Å². The molecule has 3 heteroatoms. The Labute approximate surface area is 123 Å². The molecule has 0 amide bonds. The van der Waals surface area contributed by atoms with Gasteiger partial charge in [-0.3, -0.25) is 4.79 Å². The summed E-state index contributed by atoms with van der Waals surface area (Å²) in [4.78, 5) is 11.1. The Hall–Kier alpha value is -2.57. The first-order chi connectivity index (χ1) is 9.99. The van der Waals surface area contributed by atoms with E-state index in [4.69, 9.17) is 11.5 Å². The molecule has 0 radical (unpaired) electrons. The van der Waals surface area contributed by atoms with Crippen molar-refractivity contribution in [3.05, 3.63) is 71.3 Å². The molecule has 2 atom stereocenters. The summed E-state index contributed by atoms with van der Waals surface area (Å²) in [6, 6.07) is 15.7. The number of rotatable bonds is 4. The van der Waals surface area contributed by atoms with E-state index in [1.807, 2.05) is 6.07 Å². The first-order valence-electron chi connectivity index (χ1n) is 6.58. The highest BCUT2D eigenvalue weighted by Gasteiger charge is 2.29. The van der Waals surface area contributed by atoms with Crippen molar-refractivity contribution in [3.8, 4) is 12.3 Å². The van der Waals surface area contributed by atoms with Crippen molar-refractivity contribution in [2.24, 2.45) is 0 Å². The molecule has 0 aliphatic rings. The van der Waals surface area contributed by atoms with Crippen molar-refractivity contribution in [3.63, 3.8) is 0 Å². The minimum atomic E-state index is -1.57. The molecule has 0 saturated carbocycles. The molecule has 0 bridgehead atoms. The third-order valence-electron chi connectivity index (χ3n) is 3.58. The van der Waals surface area contributed by atoms with Crippen LogP contribution >= 0.6 is 0 Å².